The fourth-order valence-electron chi connectivity index (χ4n) is 1.79. The number of hydrogen-bond acceptors (Lipinski definition) is 3. The summed E-state index contributed by atoms with van der Waals surface area (Å²) in [6, 6.07) is 9.38. The summed E-state index contributed by atoms with van der Waals surface area (Å²) in [4.78, 5) is 16.4. The van der Waals surface area contributed by atoms with Crippen molar-refractivity contribution in [1.82, 2.24) is 4.98 Å². The molecule has 1 aromatic heterocycles. The van der Waals surface area contributed by atoms with Crippen LogP contribution in [-0.2, 0) is 16.6 Å². The number of aryl methyl sites for hydroxylation is 1. The minimum Gasteiger partial charge on any atom is -0.444 e. The van der Waals surface area contributed by atoms with Crippen LogP contribution >= 0.6 is 0 Å². The fraction of sp³-hybridized carbons (Fsp3) is 0.375. The van der Waals surface area contributed by atoms with Crippen LogP contribution in [0.25, 0.3) is 0 Å². The Bertz CT molecular complexity index is 595. The molecule has 0 bridgehead atoms. The summed E-state index contributed by atoms with van der Waals surface area (Å²) in [6.07, 6.45) is 0.198. The van der Waals surface area contributed by atoms with Crippen LogP contribution < -0.4 is 5.32 Å². The molecule has 106 valence electrons. The van der Waals surface area contributed by atoms with Gasteiger partial charge in [0, 0.05) is 11.1 Å². The summed E-state index contributed by atoms with van der Waals surface area (Å²) in [5, 5.41) is 2.84. The number of nitrogens with zero attached hydrogens (tertiary/aromatic N) is 1. The highest BCUT2D eigenvalue weighted by atomic mass is 16.4. The van der Waals surface area contributed by atoms with Gasteiger partial charge in [-0.1, -0.05) is 39.0 Å². The van der Waals surface area contributed by atoms with Crippen molar-refractivity contribution < 1.29 is 9.21 Å². The molecule has 0 aliphatic rings. The number of aromatic nitrogens is 1. The molecule has 1 N–H and O–H groups in total. The molecule has 0 unspecified atom stereocenters. The van der Waals surface area contributed by atoms with Crippen molar-refractivity contribution >= 4 is 11.6 Å². The van der Waals surface area contributed by atoms with Gasteiger partial charge in [-0.05, 0) is 19.1 Å². The number of amides is 1. The highest BCUT2D eigenvalue weighted by molar-refractivity contribution is 5.91. The van der Waals surface area contributed by atoms with Gasteiger partial charge in [-0.2, -0.15) is 0 Å². The summed E-state index contributed by atoms with van der Waals surface area (Å²) in [5.41, 5.74) is 1.41. The molecule has 1 amide bonds. The predicted octanol–water partition coefficient (Wildman–Crippen LogP) is 3.46. The standard InChI is InChI=1S/C16H20N2O2/c1-11-13(20-15(17-11)16(2,3)4)10-14(19)18-12-8-6-5-7-9-12/h5-9H,10H2,1-4H3,(H,18,19). The lowest BCUT2D eigenvalue weighted by molar-refractivity contribution is -0.115. The zero-order chi connectivity index (χ0) is 14.8. The van der Waals surface area contributed by atoms with E-state index in [0.717, 1.165) is 11.4 Å². The van der Waals surface area contributed by atoms with Crippen molar-refractivity contribution in [3.05, 3.63) is 47.7 Å². The summed E-state index contributed by atoms with van der Waals surface area (Å²) in [6.45, 7) is 7.97. The Labute approximate surface area is 119 Å². The molecule has 0 spiro atoms. The second-order valence-corrected chi connectivity index (χ2v) is 5.87. The van der Waals surface area contributed by atoms with Gasteiger partial charge in [0.05, 0.1) is 12.1 Å². The van der Waals surface area contributed by atoms with Crippen LogP contribution in [0.2, 0.25) is 0 Å². The number of para-hydroxylation sites is 1. The van der Waals surface area contributed by atoms with Crippen LogP contribution in [-0.4, -0.2) is 10.9 Å². The van der Waals surface area contributed by atoms with E-state index in [1.54, 1.807) is 0 Å². The fourth-order valence-corrected chi connectivity index (χ4v) is 1.79. The Kier molecular flexibility index (Phi) is 3.93. The topological polar surface area (TPSA) is 55.1 Å². The van der Waals surface area contributed by atoms with Crippen LogP contribution in [0.15, 0.2) is 34.7 Å². The van der Waals surface area contributed by atoms with Crippen LogP contribution in [0.3, 0.4) is 0 Å². The molecule has 2 rings (SSSR count). The second-order valence-electron chi connectivity index (χ2n) is 5.87. The number of benzene rings is 1. The van der Waals surface area contributed by atoms with Gasteiger partial charge < -0.3 is 9.73 Å². The normalized spacial score (nSPS) is 11.4. The predicted molar refractivity (Wildman–Crippen MR) is 78.7 cm³/mol. The molecule has 0 aliphatic carbocycles. The molecule has 2 aromatic rings. The van der Waals surface area contributed by atoms with Gasteiger partial charge in [0.1, 0.15) is 5.76 Å². The zero-order valence-electron chi connectivity index (χ0n) is 12.4. The van der Waals surface area contributed by atoms with E-state index >= 15 is 0 Å². The van der Waals surface area contributed by atoms with Crippen LogP contribution in [0.4, 0.5) is 5.69 Å². The first-order chi connectivity index (χ1) is 9.36. The molecule has 0 saturated heterocycles. The maximum atomic E-state index is 12.0. The summed E-state index contributed by atoms with van der Waals surface area (Å²) < 4.78 is 5.72. The van der Waals surface area contributed by atoms with E-state index in [1.807, 2.05) is 58.0 Å². The van der Waals surface area contributed by atoms with E-state index in [0.29, 0.717) is 11.7 Å². The van der Waals surface area contributed by atoms with Crippen molar-refractivity contribution in [3.8, 4) is 0 Å². The number of nitrogens with one attached hydrogen (secondary N) is 1. The number of carbonyl (C=O) groups is 1. The molecular formula is C16H20N2O2. The van der Waals surface area contributed by atoms with Crippen LogP contribution in [0.5, 0.6) is 0 Å². The maximum absolute atomic E-state index is 12.0. The van der Waals surface area contributed by atoms with E-state index in [-0.39, 0.29) is 17.7 Å². The van der Waals surface area contributed by atoms with E-state index in [9.17, 15) is 4.79 Å². The minimum atomic E-state index is -0.154. The van der Waals surface area contributed by atoms with Gasteiger partial charge >= 0.3 is 0 Å². The quantitative estimate of drug-likeness (QED) is 0.931. The van der Waals surface area contributed by atoms with E-state index in [4.69, 9.17) is 4.42 Å². The molecular weight excluding hydrogens is 252 g/mol. The van der Waals surface area contributed by atoms with Crippen molar-refractivity contribution in [2.24, 2.45) is 0 Å². The van der Waals surface area contributed by atoms with Gasteiger partial charge in [-0.15, -0.1) is 0 Å². The Hall–Kier alpha value is -2.10. The third-order valence-electron chi connectivity index (χ3n) is 2.91. The SMILES string of the molecule is Cc1nc(C(C)(C)C)oc1CC(=O)Nc1ccccc1. The van der Waals surface area contributed by atoms with Crippen molar-refractivity contribution in [2.45, 2.75) is 39.5 Å². The van der Waals surface area contributed by atoms with Crippen LogP contribution in [0.1, 0.15) is 38.1 Å². The lowest BCUT2D eigenvalue weighted by Crippen LogP contribution is -2.14. The third kappa shape index (κ3) is 3.47. The average molecular weight is 272 g/mol. The smallest absolute Gasteiger partial charge is 0.232 e. The molecule has 0 fully saturated rings. The Morgan fingerprint density at radius 3 is 2.45 bits per heavy atom. The lowest BCUT2D eigenvalue weighted by atomic mass is 9.97. The number of anilines is 1. The molecule has 1 heterocycles. The number of hydrogen-bond donors (Lipinski definition) is 1. The monoisotopic (exact) mass is 272 g/mol. The minimum absolute atomic E-state index is 0.101. The number of oxazole rings is 1. The first kappa shape index (κ1) is 14.3. The molecule has 0 saturated carbocycles. The van der Waals surface area contributed by atoms with Gasteiger partial charge in [-0.3, -0.25) is 4.79 Å². The Morgan fingerprint density at radius 1 is 1.25 bits per heavy atom. The van der Waals surface area contributed by atoms with Crippen LogP contribution in [0, 0.1) is 6.92 Å². The first-order valence-electron chi connectivity index (χ1n) is 6.68. The largest absolute Gasteiger partial charge is 0.444 e. The van der Waals surface area contributed by atoms with Gasteiger partial charge in [0.25, 0.3) is 0 Å². The van der Waals surface area contributed by atoms with Crippen molar-refractivity contribution in [1.29, 1.82) is 0 Å². The number of carbonyl (C=O) groups excluding carboxylic acids is 1. The Balaban J connectivity index is 2.07. The number of rotatable bonds is 3. The van der Waals surface area contributed by atoms with Gasteiger partial charge in [-0.25, -0.2) is 4.98 Å². The highest BCUT2D eigenvalue weighted by Gasteiger charge is 2.23. The summed E-state index contributed by atoms with van der Waals surface area (Å²) >= 11 is 0. The molecule has 0 aliphatic heterocycles. The Morgan fingerprint density at radius 2 is 1.90 bits per heavy atom. The molecule has 0 atom stereocenters. The molecule has 4 heteroatoms. The third-order valence-corrected chi connectivity index (χ3v) is 2.91. The van der Waals surface area contributed by atoms with E-state index in [1.165, 1.54) is 0 Å². The molecule has 1 aromatic carbocycles. The molecule has 0 radical (unpaired) electrons. The second kappa shape index (κ2) is 5.49. The molecule has 20 heavy (non-hydrogen) atoms. The summed E-state index contributed by atoms with van der Waals surface area (Å²) in [5.74, 6) is 1.19. The average Bonchev–Trinajstić information content (AvgIpc) is 2.72. The molecule has 4 nitrogen and oxygen atoms in total. The highest BCUT2D eigenvalue weighted by Crippen LogP contribution is 2.24. The maximum Gasteiger partial charge on any atom is 0.232 e. The first-order valence-corrected chi connectivity index (χ1v) is 6.68. The van der Waals surface area contributed by atoms with Crippen molar-refractivity contribution in [3.63, 3.8) is 0 Å². The van der Waals surface area contributed by atoms with E-state index < -0.39 is 0 Å². The zero-order valence-corrected chi connectivity index (χ0v) is 12.4. The van der Waals surface area contributed by atoms with Gasteiger partial charge in [0.15, 0.2) is 5.89 Å². The van der Waals surface area contributed by atoms with Crippen molar-refractivity contribution in [2.75, 3.05) is 5.32 Å². The van der Waals surface area contributed by atoms with E-state index in [2.05, 4.69) is 10.3 Å². The summed E-state index contributed by atoms with van der Waals surface area (Å²) in [7, 11) is 0. The lowest BCUT2D eigenvalue weighted by Gasteiger charge is -2.12. The van der Waals surface area contributed by atoms with Gasteiger partial charge in [0.2, 0.25) is 5.91 Å².